The van der Waals surface area contributed by atoms with Gasteiger partial charge in [0.15, 0.2) is 5.78 Å². The normalized spacial score (nSPS) is 21.1. The van der Waals surface area contributed by atoms with Crippen molar-refractivity contribution >= 4 is 42.9 Å². The second kappa shape index (κ2) is 10.6. The SMILES string of the molecule is COC(=O)Cn1ccc(/C=C2\CN(C(C(=O)C3CC3)c3ccccc3F)CCC2S)n1.Cl. The lowest BCUT2D eigenvalue weighted by atomic mass is 9.93. The van der Waals surface area contributed by atoms with Gasteiger partial charge in [0.1, 0.15) is 12.4 Å². The molecule has 6 nitrogen and oxygen atoms in total. The molecule has 1 aromatic heterocycles. The minimum absolute atomic E-state index is 0. The zero-order valence-corrected chi connectivity index (χ0v) is 19.5. The number of likely N-dealkylation sites (tertiary alicyclic amines) is 1. The molecule has 1 aliphatic carbocycles. The highest BCUT2D eigenvalue weighted by molar-refractivity contribution is 7.81. The number of methoxy groups -OCH3 is 1. The summed E-state index contributed by atoms with van der Waals surface area (Å²) in [6.07, 6.45) is 6.18. The van der Waals surface area contributed by atoms with Gasteiger partial charge in [-0.2, -0.15) is 17.7 Å². The molecule has 2 atom stereocenters. The first-order valence-electron chi connectivity index (χ1n) is 10.5. The number of rotatable bonds is 7. The van der Waals surface area contributed by atoms with E-state index >= 15 is 0 Å². The Labute approximate surface area is 198 Å². The van der Waals surface area contributed by atoms with E-state index in [-0.39, 0.29) is 47.7 Å². The highest BCUT2D eigenvalue weighted by atomic mass is 35.5. The first kappa shape index (κ1) is 24.5. The van der Waals surface area contributed by atoms with Crippen LogP contribution in [-0.4, -0.2) is 51.9 Å². The number of ketones is 1. The van der Waals surface area contributed by atoms with Crippen LogP contribution in [0.25, 0.3) is 6.08 Å². The molecular formula is C23H27ClFN3O3S. The maximum absolute atomic E-state index is 14.6. The summed E-state index contributed by atoms with van der Waals surface area (Å²) in [6, 6.07) is 7.78. The smallest absolute Gasteiger partial charge is 0.327 e. The van der Waals surface area contributed by atoms with E-state index in [1.165, 1.54) is 17.9 Å². The number of nitrogens with zero attached hydrogens (tertiary/aromatic N) is 3. The Morgan fingerprint density at radius 2 is 2.03 bits per heavy atom. The molecule has 0 radical (unpaired) electrons. The van der Waals surface area contributed by atoms with Gasteiger partial charge in [0, 0.05) is 36.0 Å². The fraction of sp³-hybridized carbons (Fsp3) is 0.435. The molecule has 0 bridgehead atoms. The van der Waals surface area contributed by atoms with Crippen LogP contribution in [0.5, 0.6) is 0 Å². The maximum Gasteiger partial charge on any atom is 0.327 e. The van der Waals surface area contributed by atoms with Crippen LogP contribution >= 0.6 is 25.0 Å². The monoisotopic (exact) mass is 479 g/mol. The van der Waals surface area contributed by atoms with Crippen LogP contribution in [0.1, 0.15) is 36.6 Å². The molecule has 32 heavy (non-hydrogen) atoms. The molecule has 1 saturated carbocycles. The second-order valence-electron chi connectivity index (χ2n) is 8.11. The Hall–Kier alpha value is -2.16. The third-order valence-corrected chi connectivity index (χ3v) is 6.42. The van der Waals surface area contributed by atoms with Gasteiger partial charge >= 0.3 is 5.97 Å². The molecule has 4 rings (SSSR count). The van der Waals surface area contributed by atoms with Gasteiger partial charge in [-0.15, -0.1) is 12.4 Å². The summed E-state index contributed by atoms with van der Waals surface area (Å²) in [5, 5.41) is 4.43. The van der Waals surface area contributed by atoms with E-state index in [1.807, 2.05) is 12.1 Å². The molecule has 1 aliphatic heterocycles. The molecular weight excluding hydrogens is 453 g/mol. The number of thiol groups is 1. The molecule has 1 aromatic carbocycles. The number of ether oxygens (including phenoxy) is 1. The van der Waals surface area contributed by atoms with Crippen LogP contribution in [0.2, 0.25) is 0 Å². The number of carbonyl (C=O) groups excluding carboxylic acids is 2. The van der Waals surface area contributed by atoms with Crippen LogP contribution in [0.4, 0.5) is 4.39 Å². The first-order chi connectivity index (χ1) is 15.0. The summed E-state index contributed by atoms with van der Waals surface area (Å²) < 4.78 is 20.8. The molecule has 172 valence electrons. The second-order valence-corrected chi connectivity index (χ2v) is 8.73. The lowest BCUT2D eigenvalue weighted by Gasteiger charge is -2.37. The molecule has 9 heteroatoms. The summed E-state index contributed by atoms with van der Waals surface area (Å²) in [5.74, 6) is -0.588. The molecule has 0 N–H and O–H groups in total. The number of Topliss-reactive ketones (excluding diaryl/α,β-unsaturated/α-hetero) is 1. The van der Waals surface area contributed by atoms with Crippen LogP contribution < -0.4 is 0 Å². The fourth-order valence-corrected chi connectivity index (χ4v) is 4.27. The van der Waals surface area contributed by atoms with E-state index in [1.54, 1.807) is 24.4 Å². The van der Waals surface area contributed by atoms with Crippen molar-refractivity contribution in [2.45, 2.75) is 37.1 Å². The maximum atomic E-state index is 14.6. The van der Waals surface area contributed by atoms with Crippen molar-refractivity contribution in [1.29, 1.82) is 0 Å². The van der Waals surface area contributed by atoms with Crippen molar-refractivity contribution in [2.24, 2.45) is 5.92 Å². The molecule has 2 fully saturated rings. The van der Waals surface area contributed by atoms with Crippen molar-refractivity contribution in [3.63, 3.8) is 0 Å². The lowest BCUT2D eigenvalue weighted by Crippen LogP contribution is -2.42. The number of hydrogen-bond donors (Lipinski definition) is 1. The summed E-state index contributed by atoms with van der Waals surface area (Å²) in [5.41, 5.74) is 2.16. The average Bonchev–Trinajstić information content (AvgIpc) is 3.53. The van der Waals surface area contributed by atoms with Crippen LogP contribution in [-0.2, 0) is 20.9 Å². The summed E-state index contributed by atoms with van der Waals surface area (Å²) in [7, 11) is 1.34. The average molecular weight is 480 g/mol. The van der Waals surface area contributed by atoms with E-state index in [2.05, 4.69) is 14.7 Å². The highest BCUT2D eigenvalue weighted by Gasteiger charge is 2.40. The number of aromatic nitrogens is 2. The molecule has 2 aromatic rings. The van der Waals surface area contributed by atoms with Crippen LogP contribution in [0, 0.1) is 11.7 Å². The summed E-state index contributed by atoms with van der Waals surface area (Å²) in [6.45, 7) is 1.22. The van der Waals surface area contributed by atoms with Gasteiger partial charge in [-0.05, 0) is 43.0 Å². The van der Waals surface area contributed by atoms with E-state index in [9.17, 15) is 14.0 Å². The van der Waals surface area contributed by atoms with Gasteiger partial charge < -0.3 is 4.74 Å². The quantitative estimate of drug-likeness (QED) is 0.484. The molecule has 2 aliphatic rings. The number of hydrogen-bond acceptors (Lipinski definition) is 6. The Balaban J connectivity index is 0.00000289. The molecule has 0 amide bonds. The van der Waals surface area contributed by atoms with Gasteiger partial charge in [-0.3, -0.25) is 19.2 Å². The summed E-state index contributed by atoms with van der Waals surface area (Å²) in [4.78, 5) is 26.6. The molecule has 0 spiro atoms. The fourth-order valence-electron chi connectivity index (χ4n) is 4.00. The van der Waals surface area contributed by atoms with E-state index in [4.69, 9.17) is 12.6 Å². The van der Waals surface area contributed by atoms with Crippen molar-refractivity contribution < 1.29 is 18.7 Å². The number of carbonyl (C=O) groups is 2. The first-order valence-corrected chi connectivity index (χ1v) is 11.0. The topological polar surface area (TPSA) is 64.4 Å². The van der Waals surface area contributed by atoms with Gasteiger partial charge in [-0.25, -0.2) is 4.39 Å². The van der Waals surface area contributed by atoms with E-state index < -0.39 is 6.04 Å². The Bertz CT molecular complexity index is 1010. The standard InChI is InChI=1S/C23H26FN3O3S.ClH/c1-30-21(28)14-27-11-8-17(25-27)12-16-13-26(10-9-20(16)31)22(23(29)15-6-7-15)18-4-2-3-5-19(18)24;/h2-5,8,11-12,15,20,22,31H,6-7,9-10,13-14H2,1H3;1H/b16-12+;. The molecule has 2 heterocycles. The van der Waals surface area contributed by atoms with Crippen molar-refractivity contribution in [3.05, 3.63) is 59.2 Å². The Morgan fingerprint density at radius 3 is 2.72 bits per heavy atom. The van der Waals surface area contributed by atoms with Crippen LogP contribution in [0.15, 0.2) is 42.1 Å². The van der Waals surface area contributed by atoms with Gasteiger partial charge in [0.05, 0.1) is 18.8 Å². The third kappa shape index (κ3) is 5.60. The predicted octanol–water partition coefficient (Wildman–Crippen LogP) is 3.72. The lowest BCUT2D eigenvalue weighted by molar-refractivity contribution is -0.141. The van der Waals surface area contributed by atoms with Crippen molar-refractivity contribution in [3.8, 4) is 0 Å². The zero-order chi connectivity index (χ0) is 22.0. The zero-order valence-electron chi connectivity index (χ0n) is 17.8. The van der Waals surface area contributed by atoms with Crippen molar-refractivity contribution in [2.75, 3.05) is 20.2 Å². The largest absolute Gasteiger partial charge is 0.468 e. The van der Waals surface area contributed by atoms with Gasteiger partial charge in [0.2, 0.25) is 0 Å². The number of halogens is 2. The molecule has 2 unspecified atom stereocenters. The number of esters is 1. The van der Waals surface area contributed by atoms with Gasteiger partial charge in [-0.1, -0.05) is 18.2 Å². The van der Waals surface area contributed by atoms with Gasteiger partial charge in [0.25, 0.3) is 0 Å². The number of piperidine rings is 1. The van der Waals surface area contributed by atoms with Crippen LogP contribution in [0.3, 0.4) is 0 Å². The van der Waals surface area contributed by atoms with Crippen molar-refractivity contribution in [1.82, 2.24) is 14.7 Å². The Kier molecular flexibility index (Phi) is 8.14. The summed E-state index contributed by atoms with van der Waals surface area (Å²) >= 11 is 4.72. The van der Waals surface area contributed by atoms with E-state index in [0.29, 0.717) is 24.3 Å². The molecule has 1 saturated heterocycles. The Morgan fingerprint density at radius 1 is 1.28 bits per heavy atom. The third-order valence-electron chi connectivity index (χ3n) is 5.83. The highest BCUT2D eigenvalue weighted by Crippen LogP contribution is 2.39. The number of benzene rings is 1. The minimum Gasteiger partial charge on any atom is -0.468 e. The van der Waals surface area contributed by atoms with E-state index in [0.717, 1.165) is 24.8 Å². The minimum atomic E-state index is -0.588. The predicted molar refractivity (Wildman–Crippen MR) is 125 cm³/mol.